The fraction of sp³-hybridized carbons (Fsp3) is 0.571. The summed E-state index contributed by atoms with van der Waals surface area (Å²) in [5.74, 6) is -1.96. The number of hydrogen-bond donors (Lipinski definition) is 3. The van der Waals surface area contributed by atoms with Crippen molar-refractivity contribution in [3.63, 3.8) is 0 Å². The van der Waals surface area contributed by atoms with Crippen LogP contribution in [0.2, 0.25) is 0 Å². The molecule has 0 aromatic heterocycles. The highest BCUT2D eigenvalue weighted by molar-refractivity contribution is 5.18. The molecule has 1 heterocycles. The molecule has 1 unspecified atom stereocenters. The van der Waals surface area contributed by atoms with Crippen molar-refractivity contribution in [3.8, 4) is 0 Å². The zero-order valence-electron chi connectivity index (χ0n) is 12.8. The quantitative estimate of drug-likeness (QED) is 0.411. The SMILES string of the molecule is [2H]CO[C@@H]1[C@@H](O)[C@@H](O)[C@@H](CN=[N+]=[N-])OC1(O)Cc1ccccc1. The molecule has 1 saturated heterocycles. The van der Waals surface area contributed by atoms with Crippen molar-refractivity contribution in [1.82, 2.24) is 0 Å². The second-order valence-electron chi connectivity index (χ2n) is 5.15. The lowest BCUT2D eigenvalue weighted by Gasteiger charge is -2.47. The average molecular weight is 310 g/mol. The average Bonchev–Trinajstić information content (AvgIpc) is 2.55. The lowest BCUT2D eigenvalue weighted by Crippen LogP contribution is -2.66. The van der Waals surface area contributed by atoms with Crippen LogP contribution in [0.5, 0.6) is 0 Å². The van der Waals surface area contributed by atoms with E-state index < -0.39 is 37.3 Å². The molecule has 8 heteroatoms. The summed E-state index contributed by atoms with van der Waals surface area (Å²) in [6.07, 6.45) is -5.30. The van der Waals surface area contributed by atoms with Gasteiger partial charge in [-0.2, -0.15) is 0 Å². The maximum atomic E-state index is 10.8. The maximum Gasteiger partial charge on any atom is 0.199 e. The van der Waals surface area contributed by atoms with Crippen LogP contribution < -0.4 is 0 Å². The Balaban J connectivity index is 2.28. The summed E-state index contributed by atoms with van der Waals surface area (Å²) in [4.78, 5) is 2.59. The van der Waals surface area contributed by atoms with Crippen LogP contribution in [0.1, 0.15) is 6.93 Å². The first-order valence-electron chi connectivity index (χ1n) is 7.44. The molecular formula is C14H19N3O5. The fourth-order valence-corrected chi connectivity index (χ4v) is 2.59. The summed E-state index contributed by atoms with van der Waals surface area (Å²) in [6.45, 7) is -0.251. The van der Waals surface area contributed by atoms with Crippen molar-refractivity contribution in [2.24, 2.45) is 5.11 Å². The zero-order valence-corrected chi connectivity index (χ0v) is 11.8. The molecule has 0 bridgehead atoms. The number of hydrogen-bond acceptors (Lipinski definition) is 6. The molecule has 0 saturated carbocycles. The highest BCUT2D eigenvalue weighted by atomic mass is 16.7. The number of aliphatic hydroxyl groups is 3. The van der Waals surface area contributed by atoms with Crippen molar-refractivity contribution in [3.05, 3.63) is 46.3 Å². The Morgan fingerprint density at radius 3 is 2.77 bits per heavy atom. The van der Waals surface area contributed by atoms with Crippen molar-refractivity contribution in [1.29, 1.82) is 0 Å². The number of ether oxygens (including phenoxy) is 2. The van der Waals surface area contributed by atoms with Crippen LogP contribution >= 0.6 is 0 Å². The van der Waals surface area contributed by atoms with Gasteiger partial charge in [-0.1, -0.05) is 35.4 Å². The van der Waals surface area contributed by atoms with Gasteiger partial charge in [-0.05, 0) is 11.1 Å². The minimum atomic E-state index is -1.96. The van der Waals surface area contributed by atoms with Crippen LogP contribution in [0.3, 0.4) is 0 Å². The number of methoxy groups -OCH3 is 1. The standard InChI is InChI=1S/C14H19N3O5/c1-21-13-12(19)11(18)10(8-16-17-15)22-14(13,20)7-9-5-3-2-4-6-9/h2-6,10-13,18-20H,7-8H2,1H3/t10-,11+,12+,13-,14?/m1/s1/i1D. The molecule has 22 heavy (non-hydrogen) atoms. The van der Waals surface area contributed by atoms with Crippen LogP contribution in [-0.2, 0) is 15.9 Å². The number of rotatable bonds is 5. The lowest BCUT2D eigenvalue weighted by molar-refractivity contribution is -0.347. The zero-order chi connectivity index (χ0) is 16.9. The van der Waals surface area contributed by atoms with Crippen LogP contribution in [0, 0.1) is 0 Å². The van der Waals surface area contributed by atoms with E-state index in [-0.39, 0.29) is 13.0 Å². The Labute approximate surface area is 128 Å². The topological polar surface area (TPSA) is 128 Å². The highest BCUT2D eigenvalue weighted by Crippen LogP contribution is 2.33. The number of azide groups is 1. The third kappa shape index (κ3) is 3.38. The van der Waals surface area contributed by atoms with Crippen LogP contribution in [-0.4, -0.2) is 59.2 Å². The van der Waals surface area contributed by atoms with Gasteiger partial charge < -0.3 is 24.8 Å². The van der Waals surface area contributed by atoms with Crippen LogP contribution in [0.4, 0.5) is 0 Å². The van der Waals surface area contributed by atoms with E-state index in [2.05, 4.69) is 10.0 Å². The number of aliphatic hydroxyl groups excluding tert-OH is 2. The first kappa shape index (κ1) is 15.2. The van der Waals surface area contributed by atoms with Gasteiger partial charge >= 0.3 is 0 Å². The van der Waals surface area contributed by atoms with E-state index in [9.17, 15) is 15.3 Å². The first-order chi connectivity index (χ1) is 11.0. The van der Waals surface area contributed by atoms with E-state index in [4.69, 9.17) is 16.4 Å². The van der Waals surface area contributed by atoms with Gasteiger partial charge in [0.15, 0.2) is 5.79 Å². The first-order valence-corrected chi connectivity index (χ1v) is 6.74. The molecule has 3 N–H and O–H groups in total. The van der Waals surface area contributed by atoms with Gasteiger partial charge in [0.1, 0.15) is 18.3 Å². The monoisotopic (exact) mass is 310 g/mol. The summed E-state index contributed by atoms with van der Waals surface area (Å²) in [7, 11) is -0.518. The molecule has 0 radical (unpaired) electrons. The van der Waals surface area contributed by atoms with Crippen molar-refractivity contribution in [2.45, 2.75) is 36.6 Å². The molecule has 1 aliphatic rings. The molecule has 1 aromatic rings. The molecule has 1 fully saturated rings. The summed E-state index contributed by atoms with van der Waals surface area (Å²) < 4.78 is 17.7. The summed E-state index contributed by atoms with van der Waals surface area (Å²) in [5, 5.41) is 34.4. The number of nitrogens with zero attached hydrogens (tertiary/aromatic N) is 3. The Hall–Kier alpha value is -1.67. The van der Waals surface area contributed by atoms with E-state index in [1.807, 2.05) is 6.07 Å². The largest absolute Gasteiger partial charge is 0.388 e. The summed E-state index contributed by atoms with van der Waals surface area (Å²) >= 11 is 0. The van der Waals surface area contributed by atoms with E-state index >= 15 is 0 Å². The summed E-state index contributed by atoms with van der Waals surface area (Å²) in [5.41, 5.74) is 9.12. The van der Waals surface area contributed by atoms with Gasteiger partial charge in [-0.15, -0.1) is 0 Å². The molecule has 5 atom stereocenters. The minimum absolute atomic E-state index is 0.0188. The van der Waals surface area contributed by atoms with Crippen LogP contribution in [0.25, 0.3) is 10.4 Å². The molecule has 1 aliphatic heterocycles. The van der Waals surface area contributed by atoms with E-state index in [0.29, 0.717) is 0 Å². The fourth-order valence-electron chi connectivity index (χ4n) is 2.59. The van der Waals surface area contributed by atoms with E-state index in [1.165, 1.54) is 0 Å². The van der Waals surface area contributed by atoms with Gasteiger partial charge in [0.25, 0.3) is 0 Å². The van der Waals surface area contributed by atoms with Gasteiger partial charge in [0, 0.05) is 18.4 Å². The number of benzene rings is 1. The van der Waals surface area contributed by atoms with Crippen molar-refractivity contribution < 1.29 is 26.2 Å². The molecule has 8 nitrogen and oxygen atoms in total. The maximum absolute atomic E-state index is 10.8. The third-order valence-corrected chi connectivity index (χ3v) is 3.65. The van der Waals surface area contributed by atoms with Gasteiger partial charge in [0.2, 0.25) is 0 Å². The smallest absolute Gasteiger partial charge is 0.199 e. The molecule has 0 aliphatic carbocycles. The molecule has 1 aromatic carbocycles. The van der Waals surface area contributed by atoms with E-state index in [1.54, 1.807) is 24.3 Å². The molecular weight excluding hydrogens is 290 g/mol. The molecule has 0 amide bonds. The van der Waals surface area contributed by atoms with Gasteiger partial charge in [0.05, 0.1) is 14.0 Å². The Bertz CT molecular complexity index is 557. The second-order valence-corrected chi connectivity index (χ2v) is 5.15. The van der Waals surface area contributed by atoms with Gasteiger partial charge in [-0.25, -0.2) is 0 Å². The predicted molar refractivity (Wildman–Crippen MR) is 76.8 cm³/mol. The third-order valence-electron chi connectivity index (χ3n) is 3.65. The lowest BCUT2D eigenvalue weighted by atomic mass is 9.88. The van der Waals surface area contributed by atoms with Crippen molar-refractivity contribution >= 4 is 0 Å². The van der Waals surface area contributed by atoms with Crippen molar-refractivity contribution in [2.75, 3.05) is 13.6 Å². The molecule has 2 rings (SSSR count). The minimum Gasteiger partial charge on any atom is -0.388 e. The highest BCUT2D eigenvalue weighted by Gasteiger charge is 2.53. The van der Waals surface area contributed by atoms with E-state index in [0.717, 1.165) is 5.56 Å². The van der Waals surface area contributed by atoms with Gasteiger partial charge in [-0.3, -0.25) is 0 Å². The summed E-state index contributed by atoms with van der Waals surface area (Å²) in [6, 6.07) is 8.91. The molecule has 0 spiro atoms. The second kappa shape index (κ2) is 7.06. The van der Waals surface area contributed by atoms with Crippen LogP contribution in [0.15, 0.2) is 35.4 Å². The molecule has 120 valence electrons. The Morgan fingerprint density at radius 2 is 2.14 bits per heavy atom. The Morgan fingerprint density at radius 1 is 1.41 bits per heavy atom. The Kier molecular flexibility index (Phi) is 4.89. The predicted octanol–water partition coefficient (Wildman–Crippen LogP) is 0.364. The normalized spacial score (nSPS) is 35.5.